The Morgan fingerprint density at radius 3 is 2.33 bits per heavy atom. The van der Waals surface area contributed by atoms with Crippen molar-refractivity contribution < 1.29 is 4.29 Å². The van der Waals surface area contributed by atoms with Gasteiger partial charge in [0.05, 0.1) is 0 Å². The van der Waals surface area contributed by atoms with Gasteiger partial charge < -0.3 is 4.29 Å². The molecule has 0 aliphatic rings. The summed E-state index contributed by atoms with van der Waals surface area (Å²) < 4.78 is 4.54. The fourth-order valence-electron chi connectivity index (χ4n) is 0.548. The third kappa shape index (κ3) is 4.24. The monoisotopic (exact) mass is 186 g/mol. The summed E-state index contributed by atoms with van der Waals surface area (Å²) in [7, 11) is 0. The first-order chi connectivity index (χ1) is 5.61. The summed E-state index contributed by atoms with van der Waals surface area (Å²) in [5, 5.41) is 0. The van der Waals surface area contributed by atoms with E-state index in [0.29, 0.717) is 11.7 Å². The number of allylic oxidation sites excluding steroid dienone is 4. The van der Waals surface area contributed by atoms with E-state index in [1.165, 1.54) is 0 Å². The van der Waals surface area contributed by atoms with E-state index in [2.05, 4.69) is 24.7 Å². The second kappa shape index (κ2) is 5.90. The van der Waals surface area contributed by atoms with E-state index in [9.17, 15) is 0 Å². The van der Waals surface area contributed by atoms with Crippen LogP contribution in [0.15, 0.2) is 36.1 Å². The van der Waals surface area contributed by atoms with Gasteiger partial charge in [0.1, 0.15) is 17.6 Å². The zero-order valence-electron chi connectivity index (χ0n) is 7.80. The SMILES string of the molecule is C=C(/C=C\C(=C/C)OCl)C(C)C. The van der Waals surface area contributed by atoms with Crippen molar-refractivity contribution in [1.29, 1.82) is 0 Å². The Bertz CT molecular complexity index is 202. The quantitative estimate of drug-likeness (QED) is 0.479. The average molecular weight is 187 g/mol. The second-order valence-corrected chi connectivity index (χ2v) is 2.99. The molecule has 2 heteroatoms. The van der Waals surface area contributed by atoms with E-state index in [1.54, 1.807) is 12.2 Å². The summed E-state index contributed by atoms with van der Waals surface area (Å²) >= 11 is 5.18. The second-order valence-electron chi connectivity index (χ2n) is 2.83. The summed E-state index contributed by atoms with van der Waals surface area (Å²) in [5.41, 5.74) is 1.06. The van der Waals surface area contributed by atoms with Crippen LogP contribution in [0.2, 0.25) is 0 Å². The summed E-state index contributed by atoms with van der Waals surface area (Å²) in [5.74, 6) is 1.09. The van der Waals surface area contributed by atoms with Gasteiger partial charge in [-0.3, -0.25) is 0 Å². The Morgan fingerprint density at radius 1 is 1.42 bits per heavy atom. The van der Waals surface area contributed by atoms with E-state index in [0.717, 1.165) is 5.57 Å². The molecular formula is C10H15ClO. The predicted molar refractivity (Wildman–Crippen MR) is 53.8 cm³/mol. The number of hydrogen-bond acceptors (Lipinski definition) is 1. The minimum absolute atomic E-state index is 0.453. The molecule has 0 saturated heterocycles. The molecule has 1 nitrogen and oxygen atoms in total. The van der Waals surface area contributed by atoms with Gasteiger partial charge >= 0.3 is 0 Å². The Morgan fingerprint density at radius 2 is 2.00 bits per heavy atom. The van der Waals surface area contributed by atoms with Crippen LogP contribution in [0.4, 0.5) is 0 Å². The van der Waals surface area contributed by atoms with Gasteiger partial charge in [0.15, 0.2) is 0 Å². The van der Waals surface area contributed by atoms with Crippen molar-refractivity contribution in [2.45, 2.75) is 20.8 Å². The van der Waals surface area contributed by atoms with Crippen molar-refractivity contribution in [3.8, 4) is 0 Å². The molecule has 0 rings (SSSR count). The van der Waals surface area contributed by atoms with Crippen molar-refractivity contribution >= 4 is 11.9 Å². The van der Waals surface area contributed by atoms with E-state index in [4.69, 9.17) is 11.9 Å². The smallest absolute Gasteiger partial charge is 0.142 e. The summed E-state index contributed by atoms with van der Waals surface area (Å²) in [4.78, 5) is 0. The fraction of sp³-hybridized carbons (Fsp3) is 0.400. The van der Waals surface area contributed by atoms with Crippen LogP contribution in [0.5, 0.6) is 0 Å². The normalized spacial score (nSPS) is 12.6. The Labute approximate surface area is 79.5 Å². The average Bonchev–Trinajstić information content (AvgIpc) is 2.05. The molecule has 0 unspecified atom stereocenters. The lowest BCUT2D eigenvalue weighted by atomic mass is 10.1. The van der Waals surface area contributed by atoms with E-state index < -0.39 is 0 Å². The maximum atomic E-state index is 5.18. The van der Waals surface area contributed by atoms with E-state index >= 15 is 0 Å². The van der Waals surface area contributed by atoms with Crippen LogP contribution >= 0.6 is 11.9 Å². The predicted octanol–water partition coefficient (Wildman–Crippen LogP) is 3.83. The van der Waals surface area contributed by atoms with Crippen LogP contribution in [-0.4, -0.2) is 0 Å². The Kier molecular flexibility index (Phi) is 5.56. The summed E-state index contributed by atoms with van der Waals surface area (Å²) in [6, 6.07) is 0. The zero-order valence-corrected chi connectivity index (χ0v) is 8.56. The number of hydrogen-bond donors (Lipinski definition) is 0. The molecule has 0 bridgehead atoms. The van der Waals surface area contributed by atoms with Crippen molar-refractivity contribution in [1.82, 2.24) is 0 Å². The molecule has 12 heavy (non-hydrogen) atoms. The van der Waals surface area contributed by atoms with Crippen LogP contribution in [0.25, 0.3) is 0 Å². The molecular weight excluding hydrogens is 172 g/mol. The first-order valence-corrected chi connectivity index (χ1v) is 4.24. The highest BCUT2D eigenvalue weighted by Gasteiger charge is 1.95. The minimum atomic E-state index is 0.453. The Hall–Kier alpha value is -0.690. The molecule has 0 spiro atoms. The van der Waals surface area contributed by atoms with Crippen LogP contribution in [0.3, 0.4) is 0 Å². The Balaban J connectivity index is 4.15. The lowest BCUT2D eigenvalue weighted by Gasteiger charge is -2.02. The first-order valence-electron chi connectivity index (χ1n) is 3.93. The topological polar surface area (TPSA) is 9.23 Å². The molecule has 68 valence electrons. The van der Waals surface area contributed by atoms with Gasteiger partial charge in [-0.25, -0.2) is 0 Å². The zero-order chi connectivity index (χ0) is 9.56. The maximum absolute atomic E-state index is 5.18. The molecule has 0 aliphatic carbocycles. The molecule has 0 aromatic carbocycles. The van der Waals surface area contributed by atoms with E-state index in [1.807, 2.05) is 13.0 Å². The highest BCUT2D eigenvalue weighted by atomic mass is 35.5. The molecule has 0 amide bonds. The van der Waals surface area contributed by atoms with Crippen molar-refractivity contribution in [3.63, 3.8) is 0 Å². The maximum Gasteiger partial charge on any atom is 0.142 e. The lowest BCUT2D eigenvalue weighted by Crippen LogP contribution is -1.87. The lowest BCUT2D eigenvalue weighted by molar-refractivity contribution is 0.493. The highest BCUT2D eigenvalue weighted by Crippen LogP contribution is 2.10. The van der Waals surface area contributed by atoms with Crippen LogP contribution in [-0.2, 0) is 4.29 Å². The van der Waals surface area contributed by atoms with Gasteiger partial charge in [0.25, 0.3) is 0 Å². The van der Waals surface area contributed by atoms with Crippen LogP contribution in [0, 0.1) is 5.92 Å². The molecule has 0 aromatic rings. The molecule has 0 heterocycles. The molecule has 0 aromatic heterocycles. The number of rotatable bonds is 4. The summed E-state index contributed by atoms with van der Waals surface area (Å²) in [6.07, 6.45) is 5.49. The fourth-order valence-corrected chi connectivity index (χ4v) is 0.689. The standard InChI is InChI=1S/C10H15ClO/c1-5-10(12-11)7-6-9(4)8(2)3/h5-8H,4H2,1-3H3/b7-6-,10-5+. The molecule has 0 saturated carbocycles. The third-order valence-electron chi connectivity index (χ3n) is 1.58. The molecule has 0 aliphatic heterocycles. The van der Waals surface area contributed by atoms with Crippen molar-refractivity contribution in [3.05, 3.63) is 36.1 Å². The van der Waals surface area contributed by atoms with Gasteiger partial charge in [-0.05, 0) is 25.0 Å². The first kappa shape index (κ1) is 11.3. The highest BCUT2D eigenvalue weighted by molar-refractivity contribution is 6.08. The van der Waals surface area contributed by atoms with Gasteiger partial charge in [0, 0.05) is 0 Å². The van der Waals surface area contributed by atoms with Crippen LogP contribution in [0.1, 0.15) is 20.8 Å². The van der Waals surface area contributed by atoms with Gasteiger partial charge in [0.2, 0.25) is 0 Å². The number of halogens is 1. The van der Waals surface area contributed by atoms with Gasteiger partial charge in [-0.2, -0.15) is 0 Å². The molecule has 0 N–H and O–H groups in total. The van der Waals surface area contributed by atoms with Gasteiger partial charge in [-0.15, -0.1) is 0 Å². The summed E-state index contributed by atoms with van der Waals surface area (Å²) in [6.45, 7) is 9.92. The molecule has 0 fully saturated rings. The van der Waals surface area contributed by atoms with Crippen molar-refractivity contribution in [2.75, 3.05) is 0 Å². The minimum Gasteiger partial charge on any atom is -0.386 e. The molecule has 0 atom stereocenters. The van der Waals surface area contributed by atoms with Crippen LogP contribution < -0.4 is 0 Å². The van der Waals surface area contributed by atoms with Crippen molar-refractivity contribution in [2.24, 2.45) is 5.92 Å². The largest absolute Gasteiger partial charge is 0.386 e. The third-order valence-corrected chi connectivity index (χ3v) is 1.76. The van der Waals surface area contributed by atoms with Gasteiger partial charge in [-0.1, -0.05) is 32.1 Å². The van der Waals surface area contributed by atoms with E-state index in [-0.39, 0.29) is 0 Å². The molecule has 0 radical (unpaired) electrons.